The van der Waals surface area contributed by atoms with Gasteiger partial charge in [0.25, 0.3) is 0 Å². The maximum atomic E-state index is 15.5. The Balaban J connectivity index is 2.45. The maximum Gasteiger partial charge on any atom is 0.200 e. The van der Waals surface area contributed by atoms with Crippen molar-refractivity contribution in [2.24, 2.45) is 0 Å². The lowest BCUT2D eigenvalue weighted by molar-refractivity contribution is 0.375. The van der Waals surface area contributed by atoms with Gasteiger partial charge in [0.05, 0.1) is 0 Å². The number of hydrogen-bond acceptors (Lipinski definition) is 1. The van der Waals surface area contributed by atoms with Crippen molar-refractivity contribution in [2.75, 3.05) is 7.05 Å². The third-order valence-electron chi connectivity index (χ3n) is 6.92. The van der Waals surface area contributed by atoms with Gasteiger partial charge in [-0.1, -0.05) is 30.3 Å². The topological polar surface area (TPSA) is 3.24 Å². The fraction of sp³-hybridized carbons (Fsp3) is 0.0769. The Morgan fingerprint density at radius 3 is 0.884 bits per heavy atom. The van der Waals surface area contributed by atoms with E-state index in [4.69, 9.17) is 0 Å². The van der Waals surface area contributed by atoms with Crippen molar-refractivity contribution in [3.8, 4) is 0 Å². The standard InChI is InChI=1S/C26H10BF15N/c1-43(7-8-5-3-2-4-6-8)27(9-12(28)18(34)24(40)19(35)13(9)29,10-14(30)20(36)25(41)21(37)15(10)31)11-16(32)22(38)26(42)23(39)17(11)33/h2-6H,7H2,1H3/q-1. The van der Waals surface area contributed by atoms with Gasteiger partial charge in [-0.15, -0.1) is 16.4 Å². The molecule has 4 aromatic carbocycles. The minimum absolute atomic E-state index is 0.0514. The predicted octanol–water partition coefficient (Wildman–Crippen LogP) is 5.87. The molecule has 4 aromatic rings. The van der Waals surface area contributed by atoms with Gasteiger partial charge in [-0.3, -0.25) is 0 Å². The lowest BCUT2D eigenvalue weighted by Crippen LogP contribution is -2.80. The summed E-state index contributed by atoms with van der Waals surface area (Å²) in [6.45, 7) is -1.15. The quantitative estimate of drug-likeness (QED) is 0.111. The summed E-state index contributed by atoms with van der Waals surface area (Å²) in [7, 11) is 0.390. The summed E-state index contributed by atoms with van der Waals surface area (Å²) in [4.78, 5) is -0.0514. The molecule has 0 amide bonds. The molecule has 0 aliphatic carbocycles. The van der Waals surface area contributed by atoms with E-state index in [1.807, 2.05) is 0 Å². The Morgan fingerprint density at radius 2 is 0.628 bits per heavy atom. The molecule has 1 nitrogen and oxygen atoms in total. The second-order valence-electron chi connectivity index (χ2n) is 9.17. The first-order valence-electron chi connectivity index (χ1n) is 11.5. The maximum absolute atomic E-state index is 15.5. The van der Waals surface area contributed by atoms with Crippen molar-refractivity contribution in [3.05, 3.63) is 123 Å². The average molecular weight is 632 g/mol. The molecule has 43 heavy (non-hydrogen) atoms. The molecular weight excluding hydrogens is 622 g/mol. The van der Waals surface area contributed by atoms with E-state index in [1.54, 1.807) is 0 Å². The van der Waals surface area contributed by atoms with Crippen LogP contribution in [-0.4, -0.2) is 18.1 Å². The predicted molar refractivity (Wildman–Crippen MR) is 121 cm³/mol. The fourth-order valence-corrected chi connectivity index (χ4v) is 5.07. The molecule has 0 saturated heterocycles. The molecule has 0 bridgehead atoms. The minimum atomic E-state index is -5.78. The second-order valence-corrected chi connectivity index (χ2v) is 9.17. The Labute approximate surface area is 230 Å². The summed E-state index contributed by atoms with van der Waals surface area (Å²) >= 11 is 0. The van der Waals surface area contributed by atoms with Crippen LogP contribution in [-0.2, 0) is 6.54 Å². The van der Waals surface area contributed by atoms with Crippen LogP contribution in [0.4, 0.5) is 65.9 Å². The molecule has 0 spiro atoms. The van der Waals surface area contributed by atoms with E-state index in [0.717, 1.165) is 12.1 Å². The molecule has 0 aliphatic rings. The van der Waals surface area contributed by atoms with Gasteiger partial charge in [-0.05, 0) is 19.2 Å². The van der Waals surface area contributed by atoms with Gasteiger partial charge >= 0.3 is 0 Å². The smallest absolute Gasteiger partial charge is 0.200 e. The lowest BCUT2D eigenvalue weighted by atomic mass is 9.22. The Bertz CT molecular complexity index is 1520. The first-order chi connectivity index (χ1) is 20.0. The van der Waals surface area contributed by atoms with Crippen LogP contribution in [0.1, 0.15) is 5.56 Å². The van der Waals surface area contributed by atoms with E-state index in [9.17, 15) is 39.5 Å². The molecular formula is C26H10BF15N-. The van der Waals surface area contributed by atoms with Crippen molar-refractivity contribution < 1.29 is 65.9 Å². The monoisotopic (exact) mass is 632 g/mol. The van der Waals surface area contributed by atoms with E-state index in [1.165, 1.54) is 18.2 Å². The van der Waals surface area contributed by atoms with Gasteiger partial charge in [0, 0.05) is 0 Å². The molecule has 0 aliphatic heterocycles. The van der Waals surface area contributed by atoms with Crippen molar-refractivity contribution >= 4 is 22.7 Å². The molecule has 0 N–H and O–H groups in total. The zero-order valence-electron chi connectivity index (χ0n) is 20.8. The summed E-state index contributed by atoms with van der Waals surface area (Å²) in [5.41, 5.74) is -8.21. The summed E-state index contributed by atoms with van der Waals surface area (Å²) in [5, 5.41) is 0. The van der Waals surface area contributed by atoms with Crippen molar-refractivity contribution in [2.45, 2.75) is 6.54 Å². The normalized spacial score (nSPS) is 12.0. The van der Waals surface area contributed by atoms with Gasteiger partial charge < -0.3 is 4.81 Å². The van der Waals surface area contributed by atoms with Crippen LogP contribution in [0.5, 0.6) is 0 Å². The van der Waals surface area contributed by atoms with Crippen LogP contribution in [0.15, 0.2) is 30.3 Å². The molecule has 0 aromatic heterocycles. The van der Waals surface area contributed by atoms with Crippen molar-refractivity contribution in [3.63, 3.8) is 0 Å². The van der Waals surface area contributed by atoms with Crippen LogP contribution in [0, 0.1) is 87.3 Å². The zero-order valence-corrected chi connectivity index (χ0v) is 20.8. The van der Waals surface area contributed by atoms with Crippen LogP contribution in [0.25, 0.3) is 0 Å². The highest BCUT2D eigenvalue weighted by atomic mass is 19.2. The van der Waals surface area contributed by atoms with Crippen molar-refractivity contribution in [1.82, 2.24) is 4.81 Å². The van der Waals surface area contributed by atoms with Gasteiger partial charge in [-0.25, -0.2) is 65.9 Å². The first-order valence-corrected chi connectivity index (χ1v) is 11.5. The van der Waals surface area contributed by atoms with E-state index in [-0.39, 0.29) is 10.4 Å². The molecule has 0 unspecified atom stereocenters. The first kappa shape index (κ1) is 31.8. The Morgan fingerprint density at radius 1 is 0.395 bits per heavy atom. The summed E-state index contributed by atoms with van der Waals surface area (Å²) in [6, 6.07) is 6.01. The zero-order chi connectivity index (χ0) is 32.3. The SMILES string of the molecule is CN(Cc1ccccc1)[B-](c1c(F)c(F)c(F)c(F)c1F)(c1c(F)c(F)c(F)c(F)c1F)c1c(F)c(F)c(F)c(F)c1F. The summed E-state index contributed by atoms with van der Waals surface area (Å²) in [5.74, 6) is -45.5. The Kier molecular flexibility index (Phi) is 8.25. The number of rotatable bonds is 6. The molecule has 228 valence electrons. The highest BCUT2D eigenvalue weighted by Crippen LogP contribution is 2.30. The van der Waals surface area contributed by atoms with Crippen molar-refractivity contribution in [1.29, 1.82) is 0 Å². The Hall–Kier alpha value is -4.15. The van der Waals surface area contributed by atoms with Crippen LogP contribution >= 0.6 is 0 Å². The number of nitrogens with zero attached hydrogens (tertiary/aromatic N) is 1. The summed E-state index contributed by atoms with van der Waals surface area (Å²) in [6.07, 6.45) is -5.78. The molecule has 0 saturated carbocycles. The minimum Gasteiger partial charge on any atom is -0.461 e. The third kappa shape index (κ3) is 4.51. The van der Waals surface area contributed by atoms with Gasteiger partial charge in [0.2, 0.25) is 0 Å². The van der Waals surface area contributed by atoms with Gasteiger partial charge in [-0.2, -0.15) is 0 Å². The molecule has 0 fully saturated rings. The highest BCUT2D eigenvalue weighted by Gasteiger charge is 2.50. The van der Waals surface area contributed by atoms with E-state index >= 15 is 26.3 Å². The number of benzene rings is 4. The van der Waals surface area contributed by atoms with E-state index < -0.39 is 116 Å². The van der Waals surface area contributed by atoms with E-state index in [0.29, 0.717) is 7.05 Å². The molecule has 0 atom stereocenters. The van der Waals surface area contributed by atoms with Gasteiger partial charge in [0.15, 0.2) is 58.6 Å². The molecule has 17 heteroatoms. The van der Waals surface area contributed by atoms with Gasteiger partial charge in [0.1, 0.15) is 34.9 Å². The fourth-order valence-electron chi connectivity index (χ4n) is 5.07. The average Bonchev–Trinajstić information content (AvgIpc) is 2.99. The third-order valence-corrected chi connectivity index (χ3v) is 6.92. The summed E-state index contributed by atoms with van der Waals surface area (Å²) < 4.78 is 222. The van der Waals surface area contributed by atoms with E-state index in [2.05, 4.69) is 0 Å². The number of hydrogen-bond donors (Lipinski definition) is 0. The van der Waals surface area contributed by atoms with Crippen LogP contribution < -0.4 is 16.4 Å². The highest BCUT2D eigenvalue weighted by molar-refractivity contribution is 7.09. The van der Waals surface area contributed by atoms with Crippen LogP contribution in [0.2, 0.25) is 0 Å². The molecule has 0 heterocycles. The number of halogens is 15. The largest absolute Gasteiger partial charge is 0.461 e. The molecule has 4 rings (SSSR count). The lowest BCUT2D eigenvalue weighted by Gasteiger charge is -2.51. The molecule has 0 radical (unpaired) electrons. The second kappa shape index (κ2) is 11.2. The van der Waals surface area contributed by atoms with Crippen LogP contribution in [0.3, 0.4) is 0 Å².